The minimum Gasteiger partial charge on any atom is -0.394 e. The summed E-state index contributed by atoms with van der Waals surface area (Å²) < 4.78 is 0. The third kappa shape index (κ3) is 4.02. The highest BCUT2D eigenvalue weighted by molar-refractivity contribution is 5.89. The molecule has 2 rings (SSSR count). The van der Waals surface area contributed by atoms with Crippen molar-refractivity contribution in [2.45, 2.75) is 25.8 Å². The van der Waals surface area contributed by atoms with Gasteiger partial charge in [-0.05, 0) is 13.3 Å². The highest BCUT2D eigenvalue weighted by atomic mass is 16.3. The molecule has 0 saturated carbocycles. The zero-order chi connectivity index (χ0) is 16.0. The molecular formula is C16H20N4O2. The summed E-state index contributed by atoms with van der Waals surface area (Å²) in [5.41, 5.74) is 0.764. The van der Waals surface area contributed by atoms with Gasteiger partial charge in [-0.2, -0.15) is 0 Å². The second-order valence-electron chi connectivity index (χ2n) is 5.31. The van der Waals surface area contributed by atoms with E-state index in [4.69, 9.17) is 0 Å². The Bertz CT molecular complexity index is 610. The zero-order valence-electron chi connectivity index (χ0n) is 12.7. The molecule has 0 fully saturated rings. The molecule has 0 spiro atoms. The summed E-state index contributed by atoms with van der Waals surface area (Å²) in [6, 6.07) is 9.20. The largest absolute Gasteiger partial charge is 0.394 e. The van der Waals surface area contributed by atoms with Crippen LogP contribution < -0.4 is 10.6 Å². The van der Waals surface area contributed by atoms with Gasteiger partial charge >= 0.3 is 6.03 Å². The van der Waals surface area contributed by atoms with Crippen molar-refractivity contribution in [3.63, 3.8) is 0 Å². The third-order valence-corrected chi connectivity index (χ3v) is 3.49. The Morgan fingerprint density at radius 1 is 1.23 bits per heavy atom. The lowest BCUT2D eigenvalue weighted by Gasteiger charge is -2.27. The number of rotatable bonds is 5. The molecule has 0 unspecified atom stereocenters. The summed E-state index contributed by atoms with van der Waals surface area (Å²) >= 11 is 0. The van der Waals surface area contributed by atoms with Crippen LogP contribution in [0.1, 0.15) is 20.3 Å². The van der Waals surface area contributed by atoms with Gasteiger partial charge in [0.1, 0.15) is 0 Å². The molecule has 0 radical (unpaired) electrons. The number of hydrogen-bond donors (Lipinski definition) is 3. The fourth-order valence-corrected chi connectivity index (χ4v) is 1.81. The molecule has 0 bridgehead atoms. The van der Waals surface area contributed by atoms with Gasteiger partial charge in [0.2, 0.25) is 0 Å². The summed E-state index contributed by atoms with van der Waals surface area (Å²) in [7, 11) is 0. The van der Waals surface area contributed by atoms with Gasteiger partial charge < -0.3 is 15.7 Å². The van der Waals surface area contributed by atoms with Crippen LogP contribution >= 0.6 is 0 Å². The lowest BCUT2D eigenvalue weighted by atomic mass is 10.0. The van der Waals surface area contributed by atoms with Crippen molar-refractivity contribution in [2.24, 2.45) is 0 Å². The number of benzene rings is 1. The third-order valence-electron chi connectivity index (χ3n) is 3.49. The van der Waals surface area contributed by atoms with Crippen LogP contribution in [0.15, 0.2) is 42.7 Å². The number of carbonyl (C=O) groups is 1. The van der Waals surface area contributed by atoms with Crippen molar-refractivity contribution in [1.82, 2.24) is 15.3 Å². The zero-order valence-corrected chi connectivity index (χ0v) is 12.7. The summed E-state index contributed by atoms with van der Waals surface area (Å²) in [5.74, 6) is 0.598. The van der Waals surface area contributed by atoms with E-state index in [1.165, 1.54) is 0 Å². The topological polar surface area (TPSA) is 87.1 Å². The summed E-state index contributed by atoms with van der Waals surface area (Å²) in [6.07, 6.45) is 3.73. The SMILES string of the molecule is CC[C@@](C)(CO)NC(=O)Nc1cnc(-c2ccccc2)nc1. The standard InChI is InChI=1S/C16H20N4O2/c1-3-16(2,11-21)20-15(22)19-13-9-17-14(18-10-13)12-7-5-4-6-8-12/h4-10,21H,3,11H2,1-2H3,(H2,19,20,22)/t16-/m0/s1. The van der Waals surface area contributed by atoms with Gasteiger partial charge in [0.25, 0.3) is 0 Å². The van der Waals surface area contributed by atoms with E-state index in [2.05, 4.69) is 20.6 Å². The first-order chi connectivity index (χ1) is 10.6. The van der Waals surface area contributed by atoms with Crippen LogP contribution in [0.2, 0.25) is 0 Å². The van der Waals surface area contributed by atoms with Gasteiger partial charge in [-0.1, -0.05) is 37.3 Å². The number of carbonyl (C=O) groups excluding carboxylic acids is 1. The predicted octanol–water partition coefficient (Wildman–Crippen LogP) is 2.43. The molecule has 6 nitrogen and oxygen atoms in total. The van der Waals surface area contributed by atoms with E-state index in [-0.39, 0.29) is 6.61 Å². The number of nitrogens with one attached hydrogen (secondary N) is 2. The summed E-state index contributed by atoms with van der Waals surface area (Å²) in [5, 5.41) is 14.7. The average molecular weight is 300 g/mol. The molecule has 0 saturated heterocycles. The van der Waals surface area contributed by atoms with E-state index >= 15 is 0 Å². The Morgan fingerprint density at radius 3 is 2.41 bits per heavy atom. The Hall–Kier alpha value is -2.47. The predicted molar refractivity (Wildman–Crippen MR) is 85.4 cm³/mol. The molecule has 2 aromatic rings. The lowest BCUT2D eigenvalue weighted by molar-refractivity contribution is 0.172. The molecule has 116 valence electrons. The molecule has 0 aliphatic carbocycles. The van der Waals surface area contributed by atoms with E-state index in [0.29, 0.717) is 17.9 Å². The van der Waals surface area contributed by atoms with Crippen LogP contribution in [0.25, 0.3) is 11.4 Å². The normalized spacial score (nSPS) is 13.2. The van der Waals surface area contributed by atoms with Crippen molar-refractivity contribution in [2.75, 3.05) is 11.9 Å². The molecule has 1 heterocycles. The van der Waals surface area contributed by atoms with Gasteiger partial charge in [0, 0.05) is 5.56 Å². The van der Waals surface area contributed by atoms with Crippen LogP contribution in [0, 0.1) is 0 Å². The quantitative estimate of drug-likeness (QED) is 0.791. The molecule has 0 aliphatic heterocycles. The van der Waals surface area contributed by atoms with Gasteiger partial charge in [0.05, 0.1) is 30.2 Å². The van der Waals surface area contributed by atoms with Gasteiger partial charge in [-0.3, -0.25) is 0 Å². The lowest BCUT2D eigenvalue weighted by Crippen LogP contribution is -2.50. The first kappa shape index (κ1) is 15.9. The van der Waals surface area contributed by atoms with Crippen LogP contribution in [0.3, 0.4) is 0 Å². The molecule has 22 heavy (non-hydrogen) atoms. The second-order valence-corrected chi connectivity index (χ2v) is 5.31. The summed E-state index contributed by atoms with van der Waals surface area (Å²) in [6.45, 7) is 3.55. The molecule has 3 N–H and O–H groups in total. The van der Waals surface area contributed by atoms with Crippen LogP contribution in [0.5, 0.6) is 0 Å². The first-order valence-electron chi connectivity index (χ1n) is 7.14. The maximum Gasteiger partial charge on any atom is 0.319 e. The number of nitrogens with zero attached hydrogens (tertiary/aromatic N) is 2. The second kappa shape index (κ2) is 7.00. The Labute approximate surface area is 129 Å². The smallest absolute Gasteiger partial charge is 0.319 e. The van der Waals surface area contributed by atoms with E-state index in [9.17, 15) is 9.90 Å². The van der Waals surface area contributed by atoms with E-state index in [1.807, 2.05) is 37.3 Å². The molecule has 1 aromatic heterocycles. The number of aliphatic hydroxyl groups is 1. The number of urea groups is 1. The van der Waals surface area contributed by atoms with Crippen molar-refractivity contribution in [1.29, 1.82) is 0 Å². The van der Waals surface area contributed by atoms with Crippen LogP contribution in [-0.2, 0) is 0 Å². The van der Waals surface area contributed by atoms with Gasteiger partial charge in [-0.25, -0.2) is 14.8 Å². The van der Waals surface area contributed by atoms with E-state index < -0.39 is 11.6 Å². The number of aliphatic hydroxyl groups excluding tert-OH is 1. The number of hydrogen-bond acceptors (Lipinski definition) is 4. The molecular weight excluding hydrogens is 280 g/mol. The Morgan fingerprint density at radius 2 is 1.86 bits per heavy atom. The minimum atomic E-state index is -0.644. The fourth-order valence-electron chi connectivity index (χ4n) is 1.81. The van der Waals surface area contributed by atoms with Gasteiger partial charge in [0.15, 0.2) is 5.82 Å². The molecule has 1 atom stereocenters. The Balaban J connectivity index is 2.01. The van der Waals surface area contributed by atoms with Gasteiger partial charge in [-0.15, -0.1) is 0 Å². The van der Waals surface area contributed by atoms with Crippen LogP contribution in [0.4, 0.5) is 10.5 Å². The number of anilines is 1. The Kier molecular flexibility index (Phi) is 5.06. The van der Waals surface area contributed by atoms with E-state index in [1.54, 1.807) is 19.3 Å². The van der Waals surface area contributed by atoms with Crippen molar-refractivity contribution in [3.05, 3.63) is 42.7 Å². The summed E-state index contributed by atoms with van der Waals surface area (Å²) in [4.78, 5) is 20.4. The highest BCUT2D eigenvalue weighted by Crippen LogP contribution is 2.15. The highest BCUT2D eigenvalue weighted by Gasteiger charge is 2.23. The van der Waals surface area contributed by atoms with Crippen molar-refractivity contribution >= 4 is 11.7 Å². The van der Waals surface area contributed by atoms with Crippen molar-refractivity contribution in [3.8, 4) is 11.4 Å². The van der Waals surface area contributed by atoms with E-state index in [0.717, 1.165) is 5.56 Å². The maximum atomic E-state index is 11.9. The number of aromatic nitrogens is 2. The fraction of sp³-hybridized carbons (Fsp3) is 0.312. The number of amides is 2. The molecule has 2 amide bonds. The molecule has 6 heteroatoms. The monoisotopic (exact) mass is 300 g/mol. The average Bonchev–Trinajstić information content (AvgIpc) is 2.56. The van der Waals surface area contributed by atoms with Crippen LogP contribution in [-0.4, -0.2) is 33.3 Å². The first-order valence-corrected chi connectivity index (χ1v) is 7.14. The minimum absolute atomic E-state index is 0.125. The molecule has 1 aromatic carbocycles. The molecule has 0 aliphatic rings. The van der Waals surface area contributed by atoms with Crippen molar-refractivity contribution < 1.29 is 9.90 Å². The maximum absolute atomic E-state index is 11.9.